The zero-order chi connectivity index (χ0) is 11.7. The molecule has 17 heavy (non-hydrogen) atoms. The average Bonchev–Trinajstić information content (AvgIpc) is 3.12. The lowest BCUT2D eigenvalue weighted by Crippen LogP contribution is -2.21. The van der Waals surface area contributed by atoms with E-state index in [1.807, 2.05) is 0 Å². The lowest BCUT2D eigenvalue weighted by atomic mass is 10.2. The Balaban J connectivity index is 1.59. The van der Waals surface area contributed by atoms with E-state index in [1.165, 1.54) is 37.9 Å². The third kappa shape index (κ3) is 2.79. The van der Waals surface area contributed by atoms with Gasteiger partial charge in [0, 0.05) is 24.0 Å². The molecule has 1 unspecified atom stereocenters. The number of anilines is 1. The molecule has 2 fully saturated rings. The average molecular weight is 251 g/mol. The summed E-state index contributed by atoms with van der Waals surface area (Å²) in [5, 5.41) is 4.34. The molecule has 1 saturated heterocycles. The van der Waals surface area contributed by atoms with Crippen molar-refractivity contribution in [1.82, 2.24) is 9.55 Å². The van der Waals surface area contributed by atoms with E-state index in [4.69, 9.17) is 0 Å². The fourth-order valence-electron chi connectivity index (χ4n) is 2.45. The van der Waals surface area contributed by atoms with Crippen LogP contribution in [-0.2, 0) is 0 Å². The van der Waals surface area contributed by atoms with Crippen molar-refractivity contribution in [3.05, 3.63) is 11.9 Å². The van der Waals surface area contributed by atoms with E-state index in [-0.39, 0.29) is 0 Å². The molecule has 1 aromatic rings. The highest BCUT2D eigenvalue weighted by molar-refractivity contribution is 7.99. The Morgan fingerprint density at radius 2 is 2.29 bits per heavy atom. The van der Waals surface area contributed by atoms with Crippen molar-refractivity contribution in [2.45, 2.75) is 50.3 Å². The van der Waals surface area contributed by atoms with E-state index in [0.717, 1.165) is 29.5 Å². The molecule has 3 rings (SSSR count). The third-order valence-electron chi connectivity index (χ3n) is 3.55. The molecule has 2 heterocycles. The number of hydrogen-bond donors (Lipinski definition) is 1. The van der Waals surface area contributed by atoms with Crippen molar-refractivity contribution < 1.29 is 0 Å². The fraction of sp³-hybridized carbons (Fsp3) is 0.769. The minimum Gasteiger partial charge on any atom is -0.355 e. The smallest absolute Gasteiger partial charge is 0.203 e. The first-order valence-electron chi connectivity index (χ1n) is 6.74. The quantitative estimate of drug-likeness (QED) is 0.891. The molecular formula is C13H21N3S. The lowest BCUT2D eigenvalue weighted by molar-refractivity contribution is 0.670. The highest BCUT2D eigenvalue weighted by atomic mass is 32.2. The number of aryl methyl sites for hydroxylation is 1. The van der Waals surface area contributed by atoms with Gasteiger partial charge in [0.05, 0.1) is 5.69 Å². The van der Waals surface area contributed by atoms with Gasteiger partial charge in [-0.2, -0.15) is 11.8 Å². The zero-order valence-electron chi connectivity index (χ0n) is 10.5. The number of hydrogen-bond acceptors (Lipinski definition) is 3. The van der Waals surface area contributed by atoms with Crippen molar-refractivity contribution in [2.75, 3.05) is 17.6 Å². The second-order valence-corrected chi connectivity index (χ2v) is 6.62. The summed E-state index contributed by atoms with van der Waals surface area (Å²) >= 11 is 2.12. The molecule has 0 bridgehead atoms. The molecule has 4 heteroatoms. The summed E-state index contributed by atoms with van der Waals surface area (Å²) in [6.45, 7) is 3.16. The number of imidazole rings is 1. The predicted molar refractivity (Wildman–Crippen MR) is 73.8 cm³/mol. The molecule has 1 aromatic heterocycles. The highest BCUT2D eigenvalue weighted by Crippen LogP contribution is 2.37. The van der Waals surface area contributed by atoms with Crippen LogP contribution in [0.1, 0.15) is 43.8 Å². The summed E-state index contributed by atoms with van der Waals surface area (Å²) in [5.41, 5.74) is 1.13. The third-order valence-corrected chi connectivity index (χ3v) is 4.95. The van der Waals surface area contributed by atoms with Gasteiger partial charge in [0.1, 0.15) is 0 Å². The molecule has 1 aliphatic carbocycles. The van der Waals surface area contributed by atoms with Crippen LogP contribution in [0.3, 0.4) is 0 Å². The van der Waals surface area contributed by atoms with Crippen molar-refractivity contribution >= 4 is 17.7 Å². The normalized spacial score (nSPS) is 24.9. The lowest BCUT2D eigenvalue weighted by Gasteiger charge is -2.21. The molecule has 1 saturated carbocycles. The highest BCUT2D eigenvalue weighted by Gasteiger charge is 2.26. The SMILES string of the molecule is Cc1cn(C2CC2)c(NCC2CCCCS2)n1. The monoisotopic (exact) mass is 251 g/mol. The van der Waals surface area contributed by atoms with Crippen LogP contribution in [0.25, 0.3) is 0 Å². The van der Waals surface area contributed by atoms with Crippen LogP contribution in [0.15, 0.2) is 6.20 Å². The minimum atomic E-state index is 0.720. The molecule has 1 N–H and O–H groups in total. The Kier molecular flexibility index (Phi) is 3.32. The van der Waals surface area contributed by atoms with Crippen molar-refractivity contribution in [1.29, 1.82) is 0 Å². The van der Waals surface area contributed by atoms with Gasteiger partial charge in [-0.1, -0.05) is 6.42 Å². The van der Waals surface area contributed by atoms with E-state index in [9.17, 15) is 0 Å². The molecule has 3 nitrogen and oxygen atoms in total. The predicted octanol–water partition coefficient (Wildman–Crippen LogP) is 3.22. The maximum absolute atomic E-state index is 4.60. The molecule has 2 aliphatic rings. The number of aromatic nitrogens is 2. The Hall–Kier alpha value is -0.640. The van der Waals surface area contributed by atoms with Crippen LogP contribution >= 0.6 is 11.8 Å². The van der Waals surface area contributed by atoms with Crippen LogP contribution in [0.2, 0.25) is 0 Å². The Bertz CT molecular complexity index is 378. The van der Waals surface area contributed by atoms with Gasteiger partial charge in [0.15, 0.2) is 0 Å². The van der Waals surface area contributed by atoms with Crippen LogP contribution in [0, 0.1) is 6.92 Å². The van der Waals surface area contributed by atoms with Gasteiger partial charge in [0.25, 0.3) is 0 Å². The van der Waals surface area contributed by atoms with Gasteiger partial charge < -0.3 is 9.88 Å². The fourth-order valence-corrected chi connectivity index (χ4v) is 3.69. The number of rotatable bonds is 4. The number of nitrogens with zero attached hydrogens (tertiary/aromatic N) is 2. The topological polar surface area (TPSA) is 29.9 Å². The molecule has 1 atom stereocenters. The maximum atomic E-state index is 4.60. The van der Waals surface area contributed by atoms with Crippen LogP contribution < -0.4 is 5.32 Å². The molecular weight excluding hydrogens is 230 g/mol. The summed E-state index contributed by atoms with van der Waals surface area (Å²) in [5.74, 6) is 2.43. The van der Waals surface area contributed by atoms with E-state index in [2.05, 4.69) is 39.8 Å². The molecule has 0 radical (unpaired) electrons. The van der Waals surface area contributed by atoms with Gasteiger partial charge in [-0.25, -0.2) is 4.98 Å². The molecule has 1 aliphatic heterocycles. The van der Waals surface area contributed by atoms with Crippen molar-refractivity contribution in [3.63, 3.8) is 0 Å². The van der Waals surface area contributed by atoms with Gasteiger partial charge >= 0.3 is 0 Å². The van der Waals surface area contributed by atoms with E-state index in [0.29, 0.717) is 0 Å². The second kappa shape index (κ2) is 4.92. The van der Waals surface area contributed by atoms with E-state index in [1.54, 1.807) is 0 Å². The van der Waals surface area contributed by atoms with Gasteiger partial charge in [0.2, 0.25) is 5.95 Å². The van der Waals surface area contributed by atoms with Crippen LogP contribution in [0.5, 0.6) is 0 Å². The standard InChI is InChI=1S/C13H21N3S/c1-10-9-16(11-5-6-11)13(15-10)14-8-12-4-2-3-7-17-12/h9,11-12H,2-8H2,1H3,(H,14,15). The van der Waals surface area contributed by atoms with Crippen molar-refractivity contribution in [3.8, 4) is 0 Å². The molecule has 0 spiro atoms. The summed E-state index contributed by atoms with van der Waals surface area (Å²) in [6.07, 6.45) is 8.99. The summed E-state index contributed by atoms with van der Waals surface area (Å²) in [4.78, 5) is 4.60. The molecule has 0 aromatic carbocycles. The van der Waals surface area contributed by atoms with E-state index < -0.39 is 0 Å². The zero-order valence-corrected chi connectivity index (χ0v) is 11.3. The number of thioether (sulfide) groups is 1. The van der Waals surface area contributed by atoms with Crippen LogP contribution in [0.4, 0.5) is 5.95 Å². The summed E-state index contributed by atoms with van der Waals surface area (Å²) in [6, 6.07) is 0.720. The maximum Gasteiger partial charge on any atom is 0.203 e. The first-order chi connectivity index (χ1) is 8.33. The molecule has 0 amide bonds. The summed E-state index contributed by atoms with van der Waals surface area (Å²) < 4.78 is 2.34. The minimum absolute atomic E-state index is 0.720. The largest absolute Gasteiger partial charge is 0.355 e. The number of nitrogens with one attached hydrogen (secondary N) is 1. The Morgan fingerprint density at radius 3 is 3.00 bits per heavy atom. The first-order valence-corrected chi connectivity index (χ1v) is 7.79. The van der Waals surface area contributed by atoms with Crippen molar-refractivity contribution in [2.24, 2.45) is 0 Å². The Labute approximate surface area is 107 Å². The van der Waals surface area contributed by atoms with Gasteiger partial charge in [-0.15, -0.1) is 0 Å². The second-order valence-electron chi connectivity index (χ2n) is 5.21. The van der Waals surface area contributed by atoms with Crippen LogP contribution in [-0.4, -0.2) is 27.1 Å². The Morgan fingerprint density at radius 1 is 1.41 bits per heavy atom. The first kappa shape index (κ1) is 11.5. The summed E-state index contributed by atoms with van der Waals surface area (Å²) in [7, 11) is 0. The molecule has 94 valence electrons. The van der Waals surface area contributed by atoms with Gasteiger partial charge in [-0.05, 0) is 38.4 Å². The van der Waals surface area contributed by atoms with Gasteiger partial charge in [-0.3, -0.25) is 0 Å². The van der Waals surface area contributed by atoms with E-state index >= 15 is 0 Å².